The number of pyridine rings is 1. The van der Waals surface area contributed by atoms with Crippen molar-refractivity contribution in [2.75, 3.05) is 0 Å². The third kappa shape index (κ3) is 5.00. The summed E-state index contributed by atoms with van der Waals surface area (Å²) in [6, 6.07) is 12.2. The van der Waals surface area contributed by atoms with Crippen LogP contribution in [0.2, 0.25) is 5.15 Å². The van der Waals surface area contributed by atoms with Crippen LogP contribution in [0.4, 0.5) is 0 Å². The Kier molecular flexibility index (Phi) is 7.60. The van der Waals surface area contributed by atoms with Crippen LogP contribution in [0.1, 0.15) is 75.6 Å². The van der Waals surface area contributed by atoms with Gasteiger partial charge in [0.15, 0.2) is 5.82 Å². The molecule has 1 fully saturated rings. The number of nitrogens with zero attached hydrogens (tertiary/aromatic N) is 6. The first kappa shape index (κ1) is 24.4. The topological polar surface area (TPSA) is 94.3 Å². The fourth-order valence-corrected chi connectivity index (χ4v) is 5.64. The SMILES string of the molecule is CCCCCc1c(Cl)n(C2CCCCC2)c(=O)n1Cc1ccc(-c2ncccc2-c2nnn[nH]2)cc1. The first-order valence-corrected chi connectivity index (χ1v) is 13.3. The van der Waals surface area contributed by atoms with Crippen molar-refractivity contribution in [3.63, 3.8) is 0 Å². The smallest absolute Gasteiger partial charge is 0.290 e. The van der Waals surface area contributed by atoms with Gasteiger partial charge < -0.3 is 0 Å². The summed E-state index contributed by atoms with van der Waals surface area (Å²) in [7, 11) is 0. The zero-order valence-electron chi connectivity index (χ0n) is 20.7. The normalized spacial score (nSPS) is 14.4. The Morgan fingerprint density at radius 1 is 1.08 bits per heavy atom. The number of hydrogen-bond donors (Lipinski definition) is 1. The number of H-pyrrole nitrogens is 1. The number of aromatic amines is 1. The van der Waals surface area contributed by atoms with E-state index in [1.807, 2.05) is 33.4 Å². The molecule has 9 heteroatoms. The summed E-state index contributed by atoms with van der Waals surface area (Å²) in [4.78, 5) is 18.2. The van der Waals surface area contributed by atoms with Crippen molar-refractivity contribution in [3.8, 4) is 22.6 Å². The number of tetrazole rings is 1. The highest BCUT2D eigenvalue weighted by Crippen LogP contribution is 2.32. The van der Waals surface area contributed by atoms with Gasteiger partial charge in [0.2, 0.25) is 0 Å². The molecule has 0 bridgehead atoms. The third-order valence-electron chi connectivity index (χ3n) is 7.15. The van der Waals surface area contributed by atoms with Crippen molar-refractivity contribution in [1.82, 2.24) is 34.7 Å². The minimum absolute atomic E-state index is 0.0207. The van der Waals surface area contributed by atoms with Crippen molar-refractivity contribution < 1.29 is 0 Å². The van der Waals surface area contributed by atoms with Crippen LogP contribution in [-0.2, 0) is 13.0 Å². The van der Waals surface area contributed by atoms with Gasteiger partial charge in [0.25, 0.3) is 0 Å². The summed E-state index contributed by atoms with van der Waals surface area (Å²) in [5, 5.41) is 14.9. The molecule has 0 amide bonds. The van der Waals surface area contributed by atoms with Gasteiger partial charge >= 0.3 is 5.69 Å². The predicted octanol–water partition coefficient (Wildman–Crippen LogP) is 5.83. The highest BCUT2D eigenvalue weighted by atomic mass is 35.5. The first-order chi connectivity index (χ1) is 17.7. The Bertz CT molecular complexity index is 1340. The minimum Gasteiger partial charge on any atom is -0.290 e. The van der Waals surface area contributed by atoms with Crippen molar-refractivity contribution in [1.29, 1.82) is 0 Å². The quantitative estimate of drug-likeness (QED) is 0.289. The van der Waals surface area contributed by atoms with Gasteiger partial charge in [-0.15, -0.1) is 5.10 Å². The van der Waals surface area contributed by atoms with E-state index < -0.39 is 0 Å². The minimum atomic E-state index is 0.0207. The van der Waals surface area contributed by atoms with Crippen LogP contribution in [0, 0.1) is 0 Å². The van der Waals surface area contributed by atoms with E-state index in [1.54, 1.807) is 6.20 Å². The lowest BCUT2D eigenvalue weighted by molar-refractivity contribution is 0.344. The molecular formula is C27H32ClN7O. The van der Waals surface area contributed by atoms with E-state index in [4.69, 9.17) is 11.6 Å². The zero-order chi connectivity index (χ0) is 24.9. The monoisotopic (exact) mass is 505 g/mol. The number of unbranched alkanes of at least 4 members (excludes halogenated alkanes) is 2. The summed E-state index contributed by atoms with van der Waals surface area (Å²) >= 11 is 6.90. The van der Waals surface area contributed by atoms with Gasteiger partial charge in [-0.1, -0.05) is 74.9 Å². The molecule has 1 aliphatic carbocycles. The second-order valence-corrected chi connectivity index (χ2v) is 9.93. The molecule has 1 saturated carbocycles. The number of benzene rings is 1. The number of halogens is 1. The second-order valence-electron chi connectivity index (χ2n) is 9.57. The molecule has 0 aliphatic heterocycles. The number of aromatic nitrogens is 7. The summed E-state index contributed by atoms with van der Waals surface area (Å²) in [5.74, 6) is 0.573. The van der Waals surface area contributed by atoms with Gasteiger partial charge in [-0.3, -0.25) is 14.1 Å². The van der Waals surface area contributed by atoms with Crippen LogP contribution in [0.25, 0.3) is 22.6 Å². The van der Waals surface area contributed by atoms with Crippen molar-refractivity contribution in [3.05, 3.63) is 69.5 Å². The molecule has 1 aromatic carbocycles. The first-order valence-electron chi connectivity index (χ1n) is 12.9. The molecule has 5 rings (SSSR count). The summed E-state index contributed by atoms with van der Waals surface area (Å²) in [6.45, 7) is 2.69. The Labute approximate surface area is 215 Å². The average molecular weight is 506 g/mol. The molecular weight excluding hydrogens is 474 g/mol. The average Bonchev–Trinajstić information content (AvgIpc) is 3.53. The van der Waals surface area contributed by atoms with Crippen molar-refractivity contribution in [2.24, 2.45) is 0 Å². The van der Waals surface area contributed by atoms with Crippen LogP contribution in [0.3, 0.4) is 0 Å². The molecule has 0 radical (unpaired) electrons. The fourth-order valence-electron chi connectivity index (χ4n) is 5.23. The van der Waals surface area contributed by atoms with E-state index in [9.17, 15) is 4.79 Å². The third-order valence-corrected chi connectivity index (χ3v) is 7.55. The number of rotatable bonds is 9. The van der Waals surface area contributed by atoms with Gasteiger partial charge in [0.05, 0.1) is 17.9 Å². The summed E-state index contributed by atoms with van der Waals surface area (Å²) in [5.41, 5.74) is 4.63. The number of imidazole rings is 1. The molecule has 4 aromatic rings. The van der Waals surface area contributed by atoms with Crippen LogP contribution >= 0.6 is 11.6 Å². The van der Waals surface area contributed by atoms with Crippen LogP contribution in [0.15, 0.2) is 47.4 Å². The Balaban J connectivity index is 1.45. The Morgan fingerprint density at radius 2 is 1.89 bits per heavy atom. The predicted molar refractivity (Wildman–Crippen MR) is 141 cm³/mol. The molecule has 1 aliphatic rings. The Morgan fingerprint density at radius 3 is 2.61 bits per heavy atom. The van der Waals surface area contributed by atoms with E-state index in [0.717, 1.165) is 79.4 Å². The molecule has 3 aromatic heterocycles. The summed E-state index contributed by atoms with van der Waals surface area (Å²) in [6.07, 6.45) is 11.5. The van der Waals surface area contributed by atoms with E-state index >= 15 is 0 Å². The molecule has 3 heterocycles. The van der Waals surface area contributed by atoms with E-state index in [1.165, 1.54) is 6.42 Å². The van der Waals surface area contributed by atoms with E-state index in [2.05, 4.69) is 44.7 Å². The fraction of sp³-hybridized carbons (Fsp3) is 0.444. The highest BCUT2D eigenvalue weighted by Gasteiger charge is 2.25. The largest absolute Gasteiger partial charge is 0.330 e. The lowest BCUT2D eigenvalue weighted by atomic mass is 9.95. The van der Waals surface area contributed by atoms with Gasteiger partial charge in [0, 0.05) is 23.4 Å². The van der Waals surface area contributed by atoms with Gasteiger partial charge in [-0.2, -0.15) is 0 Å². The van der Waals surface area contributed by atoms with E-state index in [0.29, 0.717) is 17.5 Å². The molecule has 0 spiro atoms. The maximum absolute atomic E-state index is 13.6. The van der Waals surface area contributed by atoms with Crippen LogP contribution < -0.4 is 5.69 Å². The van der Waals surface area contributed by atoms with Crippen LogP contribution in [-0.4, -0.2) is 34.7 Å². The lowest BCUT2D eigenvalue weighted by Gasteiger charge is -2.22. The van der Waals surface area contributed by atoms with Crippen LogP contribution in [0.5, 0.6) is 0 Å². The molecule has 0 saturated heterocycles. The molecule has 36 heavy (non-hydrogen) atoms. The Hall–Kier alpha value is -3.26. The molecule has 0 unspecified atom stereocenters. The molecule has 1 N–H and O–H groups in total. The highest BCUT2D eigenvalue weighted by molar-refractivity contribution is 6.30. The lowest BCUT2D eigenvalue weighted by Crippen LogP contribution is -2.29. The standard InChI is InChI=1S/C27H32ClN7O/c1-2-3-5-12-23-25(28)35(21-9-6-4-7-10-21)27(36)34(23)18-19-13-15-20(16-14-19)24-22(11-8-17-29-24)26-30-32-33-31-26/h8,11,13-17,21H,2-7,9-10,12,18H2,1H3,(H,30,31,32,33). The second kappa shape index (κ2) is 11.2. The van der Waals surface area contributed by atoms with Gasteiger partial charge in [-0.05, 0) is 53.8 Å². The van der Waals surface area contributed by atoms with Crippen molar-refractivity contribution >= 4 is 11.6 Å². The number of hydrogen-bond acceptors (Lipinski definition) is 5. The van der Waals surface area contributed by atoms with Gasteiger partial charge in [0.1, 0.15) is 5.15 Å². The van der Waals surface area contributed by atoms with Crippen molar-refractivity contribution in [2.45, 2.75) is 77.3 Å². The van der Waals surface area contributed by atoms with E-state index in [-0.39, 0.29) is 11.7 Å². The molecule has 8 nitrogen and oxygen atoms in total. The summed E-state index contributed by atoms with van der Waals surface area (Å²) < 4.78 is 3.77. The molecule has 188 valence electrons. The van der Waals surface area contributed by atoms with Gasteiger partial charge in [-0.25, -0.2) is 9.89 Å². The zero-order valence-corrected chi connectivity index (χ0v) is 21.4. The maximum Gasteiger partial charge on any atom is 0.330 e. The number of nitrogens with one attached hydrogen (secondary N) is 1. The maximum atomic E-state index is 13.6. The molecule has 0 atom stereocenters.